The van der Waals surface area contributed by atoms with Crippen molar-refractivity contribution in [1.82, 2.24) is 30.4 Å². The molecule has 2 heterocycles. The predicted molar refractivity (Wildman–Crippen MR) is 133 cm³/mol. The van der Waals surface area contributed by atoms with Gasteiger partial charge in [-0.1, -0.05) is 25.0 Å². The van der Waals surface area contributed by atoms with Gasteiger partial charge in [0.25, 0.3) is 0 Å². The van der Waals surface area contributed by atoms with Crippen molar-refractivity contribution in [3.8, 4) is 11.6 Å². The van der Waals surface area contributed by atoms with Crippen LogP contribution in [0.2, 0.25) is 0 Å². The fourth-order valence-corrected chi connectivity index (χ4v) is 4.52. The summed E-state index contributed by atoms with van der Waals surface area (Å²) in [4.78, 5) is 29.9. The van der Waals surface area contributed by atoms with Crippen LogP contribution in [0.1, 0.15) is 56.4 Å². The molecule has 3 aromatic rings. The van der Waals surface area contributed by atoms with E-state index >= 15 is 0 Å². The minimum atomic E-state index is -0.939. The molecule has 0 bridgehead atoms. The van der Waals surface area contributed by atoms with Crippen LogP contribution in [0, 0.1) is 12.7 Å². The van der Waals surface area contributed by atoms with Crippen molar-refractivity contribution in [3.63, 3.8) is 0 Å². The van der Waals surface area contributed by atoms with Crippen molar-refractivity contribution in [1.29, 1.82) is 0 Å². The Bertz CT molecular complexity index is 1170. The highest BCUT2D eigenvalue weighted by atomic mass is 19.1. The van der Waals surface area contributed by atoms with Gasteiger partial charge in [-0.25, -0.2) is 4.39 Å². The molecular formula is C26H33FN6O4. The monoisotopic (exact) mass is 512 g/mol. The van der Waals surface area contributed by atoms with Crippen molar-refractivity contribution in [3.05, 3.63) is 53.5 Å². The van der Waals surface area contributed by atoms with E-state index in [0.29, 0.717) is 36.7 Å². The van der Waals surface area contributed by atoms with Crippen LogP contribution in [-0.4, -0.2) is 62.7 Å². The third kappa shape index (κ3) is 7.00. The molecule has 0 unspecified atom stereocenters. The number of benzene rings is 1. The molecule has 0 radical (unpaired) electrons. The van der Waals surface area contributed by atoms with Crippen LogP contribution in [-0.2, 0) is 20.9 Å². The zero-order chi connectivity index (χ0) is 26.2. The molecule has 10 nitrogen and oxygen atoms in total. The normalized spacial score (nSPS) is 14.6. The van der Waals surface area contributed by atoms with Crippen molar-refractivity contribution in [2.45, 2.75) is 64.6 Å². The molecule has 0 spiro atoms. The molecule has 1 saturated carbocycles. The molecular weight excluding hydrogens is 479 g/mol. The molecule has 1 aliphatic carbocycles. The fraction of sp³-hybridized carbons (Fsp3) is 0.500. The van der Waals surface area contributed by atoms with E-state index in [9.17, 15) is 14.0 Å². The Hall–Kier alpha value is -3.60. The number of furan rings is 1. The van der Waals surface area contributed by atoms with E-state index in [0.717, 1.165) is 25.7 Å². The summed E-state index contributed by atoms with van der Waals surface area (Å²) < 4.78 is 24.7. The number of halogens is 1. The molecule has 1 aliphatic rings. The Labute approximate surface area is 215 Å². The minimum absolute atomic E-state index is 0.0621. The molecule has 0 aliphatic heterocycles. The molecule has 1 fully saturated rings. The number of nitrogens with one attached hydrogen (secondary N) is 1. The fourth-order valence-electron chi connectivity index (χ4n) is 4.52. The van der Waals surface area contributed by atoms with E-state index < -0.39 is 11.9 Å². The van der Waals surface area contributed by atoms with Crippen LogP contribution in [0.5, 0.6) is 0 Å². The van der Waals surface area contributed by atoms with Gasteiger partial charge in [0.2, 0.25) is 17.6 Å². The smallest absolute Gasteiger partial charge is 0.247 e. The Balaban J connectivity index is 1.58. The Morgan fingerprint density at radius 2 is 1.97 bits per heavy atom. The number of rotatable bonds is 12. The van der Waals surface area contributed by atoms with E-state index in [1.54, 1.807) is 24.3 Å². The van der Waals surface area contributed by atoms with Crippen molar-refractivity contribution in [2.75, 3.05) is 19.8 Å². The lowest BCUT2D eigenvalue weighted by Crippen LogP contribution is -2.47. The summed E-state index contributed by atoms with van der Waals surface area (Å²) >= 11 is 0. The van der Waals surface area contributed by atoms with E-state index in [-0.39, 0.29) is 36.8 Å². The number of hydrogen-bond donors (Lipinski definition) is 1. The molecule has 1 atom stereocenters. The van der Waals surface area contributed by atoms with Gasteiger partial charge >= 0.3 is 0 Å². The molecule has 11 heteroatoms. The highest BCUT2D eigenvalue weighted by molar-refractivity contribution is 5.88. The van der Waals surface area contributed by atoms with Crippen LogP contribution in [0.15, 0.2) is 40.8 Å². The number of hydrogen-bond acceptors (Lipinski definition) is 7. The number of amides is 2. The Morgan fingerprint density at radius 1 is 1.22 bits per heavy atom. The van der Waals surface area contributed by atoms with Gasteiger partial charge in [0.15, 0.2) is 5.76 Å². The number of tetrazole rings is 1. The van der Waals surface area contributed by atoms with E-state index in [4.69, 9.17) is 9.15 Å². The molecule has 4 rings (SSSR count). The first-order valence-electron chi connectivity index (χ1n) is 12.7. The van der Waals surface area contributed by atoms with E-state index in [1.165, 1.54) is 21.8 Å². The quantitative estimate of drug-likeness (QED) is 0.370. The van der Waals surface area contributed by atoms with Crippen molar-refractivity contribution >= 4 is 11.8 Å². The number of aromatic nitrogens is 4. The third-order valence-corrected chi connectivity index (χ3v) is 6.35. The first-order valence-corrected chi connectivity index (χ1v) is 12.7. The van der Waals surface area contributed by atoms with Crippen LogP contribution in [0.25, 0.3) is 11.6 Å². The molecule has 2 aromatic heterocycles. The lowest BCUT2D eigenvalue weighted by Gasteiger charge is -2.32. The molecule has 2 amide bonds. The Kier molecular flexibility index (Phi) is 8.99. The van der Waals surface area contributed by atoms with Crippen LogP contribution in [0.3, 0.4) is 0 Å². The summed E-state index contributed by atoms with van der Waals surface area (Å²) in [5.41, 5.74) is 0.528. The lowest BCUT2D eigenvalue weighted by atomic mass is 10.0. The SMILES string of the molecule is CCOCCCN(C(=O)Cn1nnc(-c2ccc(C)o2)n1)[C@@H](C(=O)NC1CCCC1)c1ccc(F)cc1. The van der Waals surface area contributed by atoms with Crippen LogP contribution in [0.4, 0.5) is 4.39 Å². The molecule has 1 N–H and O–H groups in total. The van der Waals surface area contributed by atoms with Gasteiger partial charge in [-0.2, -0.15) is 4.80 Å². The first-order chi connectivity index (χ1) is 17.9. The standard InChI is InChI=1S/C26H33FN6O4/c1-3-36-16-6-15-32(23(34)17-33-30-25(29-31-33)22-14-9-18(2)37-22)24(19-10-12-20(27)13-11-19)26(35)28-21-7-4-5-8-21/h9-14,21,24H,3-8,15-17H2,1-2H3,(H,28,35)/t24-/m1/s1. The van der Waals surface area contributed by atoms with Crippen molar-refractivity contribution < 1.29 is 23.1 Å². The largest absolute Gasteiger partial charge is 0.458 e. The molecule has 198 valence electrons. The Morgan fingerprint density at radius 3 is 2.65 bits per heavy atom. The highest BCUT2D eigenvalue weighted by Gasteiger charge is 2.33. The summed E-state index contributed by atoms with van der Waals surface area (Å²) in [6.07, 6.45) is 4.43. The molecule has 37 heavy (non-hydrogen) atoms. The van der Waals surface area contributed by atoms with Gasteiger partial charge in [0.1, 0.15) is 24.2 Å². The zero-order valence-electron chi connectivity index (χ0n) is 21.2. The minimum Gasteiger partial charge on any atom is -0.458 e. The topological polar surface area (TPSA) is 115 Å². The average molecular weight is 513 g/mol. The molecule has 0 saturated heterocycles. The van der Waals surface area contributed by atoms with Gasteiger partial charge in [0.05, 0.1) is 0 Å². The van der Waals surface area contributed by atoms with Gasteiger partial charge in [0, 0.05) is 25.8 Å². The second kappa shape index (κ2) is 12.6. The predicted octanol–water partition coefficient (Wildman–Crippen LogP) is 3.44. The number of aryl methyl sites for hydroxylation is 1. The van der Waals surface area contributed by atoms with E-state index in [2.05, 4.69) is 20.7 Å². The maximum absolute atomic E-state index is 13.7. The number of carbonyl (C=O) groups excluding carboxylic acids is 2. The summed E-state index contributed by atoms with van der Waals surface area (Å²) in [7, 11) is 0. The van der Waals surface area contributed by atoms with Crippen molar-refractivity contribution in [2.24, 2.45) is 0 Å². The van der Waals surface area contributed by atoms with Crippen LogP contribution >= 0.6 is 0 Å². The van der Waals surface area contributed by atoms with Gasteiger partial charge in [-0.15, -0.1) is 10.2 Å². The molecule has 1 aromatic carbocycles. The van der Waals surface area contributed by atoms with Gasteiger partial charge in [-0.05, 0) is 68.2 Å². The van der Waals surface area contributed by atoms with Gasteiger partial charge < -0.3 is 19.4 Å². The van der Waals surface area contributed by atoms with Gasteiger partial charge in [-0.3, -0.25) is 9.59 Å². The third-order valence-electron chi connectivity index (χ3n) is 6.35. The summed E-state index contributed by atoms with van der Waals surface area (Å²) in [5, 5.41) is 15.4. The second-order valence-electron chi connectivity index (χ2n) is 9.14. The highest BCUT2D eigenvalue weighted by Crippen LogP contribution is 2.25. The maximum Gasteiger partial charge on any atom is 0.247 e. The lowest BCUT2D eigenvalue weighted by molar-refractivity contribution is -0.142. The van der Waals surface area contributed by atoms with Crippen LogP contribution < -0.4 is 5.32 Å². The summed E-state index contributed by atoms with van der Waals surface area (Å²) in [6.45, 7) is 4.73. The zero-order valence-corrected chi connectivity index (χ0v) is 21.2. The number of carbonyl (C=O) groups is 2. The first kappa shape index (κ1) is 26.5. The summed E-state index contributed by atoms with van der Waals surface area (Å²) in [5.74, 6) is 0.343. The number of ether oxygens (including phenoxy) is 1. The second-order valence-corrected chi connectivity index (χ2v) is 9.14. The average Bonchev–Trinajstić information content (AvgIpc) is 3.65. The van der Waals surface area contributed by atoms with E-state index in [1.807, 2.05) is 13.8 Å². The number of nitrogens with zero attached hydrogens (tertiary/aromatic N) is 5. The summed E-state index contributed by atoms with van der Waals surface area (Å²) in [6, 6.07) is 8.33. The maximum atomic E-state index is 13.7.